The van der Waals surface area contributed by atoms with Crippen molar-refractivity contribution in [1.29, 1.82) is 0 Å². The van der Waals surface area contributed by atoms with Gasteiger partial charge in [-0.25, -0.2) is 0 Å². The van der Waals surface area contributed by atoms with E-state index < -0.39 is 0 Å². The Bertz CT molecular complexity index is 595. The van der Waals surface area contributed by atoms with Gasteiger partial charge in [-0.2, -0.15) is 4.98 Å². The van der Waals surface area contributed by atoms with Crippen molar-refractivity contribution in [3.63, 3.8) is 0 Å². The Balaban J connectivity index is 1.73. The standard InChI is InChI=1S/C15H19N3O2/c1-10-17-15(18-20-10)9-16-14-5-3-4-11-8-12(19-2)6-7-13(11)14/h6-8,14,16H,3-5,9H2,1-2H3. The Morgan fingerprint density at radius 2 is 2.35 bits per heavy atom. The predicted molar refractivity (Wildman–Crippen MR) is 74.5 cm³/mol. The second kappa shape index (κ2) is 5.63. The molecule has 1 aromatic heterocycles. The summed E-state index contributed by atoms with van der Waals surface area (Å²) < 4.78 is 10.3. The molecule has 5 nitrogen and oxygen atoms in total. The molecule has 0 bridgehead atoms. The van der Waals surface area contributed by atoms with Crippen molar-refractivity contribution in [2.75, 3.05) is 7.11 Å². The monoisotopic (exact) mass is 273 g/mol. The number of aryl methyl sites for hydroxylation is 2. The van der Waals surface area contributed by atoms with Crippen LogP contribution in [0.1, 0.15) is 41.7 Å². The van der Waals surface area contributed by atoms with E-state index in [4.69, 9.17) is 9.26 Å². The first-order valence-electron chi connectivity index (χ1n) is 6.95. The predicted octanol–water partition coefficient (Wildman–Crippen LogP) is 2.55. The van der Waals surface area contributed by atoms with E-state index in [1.165, 1.54) is 17.5 Å². The van der Waals surface area contributed by atoms with E-state index in [0.29, 0.717) is 24.3 Å². The minimum Gasteiger partial charge on any atom is -0.497 e. The van der Waals surface area contributed by atoms with Crippen molar-refractivity contribution >= 4 is 0 Å². The van der Waals surface area contributed by atoms with Gasteiger partial charge in [0.05, 0.1) is 13.7 Å². The third-order valence-corrected chi connectivity index (χ3v) is 3.74. The molecule has 1 aliphatic carbocycles. The van der Waals surface area contributed by atoms with Crippen LogP contribution in [0.25, 0.3) is 0 Å². The maximum atomic E-state index is 5.29. The van der Waals surface area contributed by atoms with Crippen LogP contribution in [-0.4, -0.2) is 17.3 Å². The highest BCUT2D eigenvalue weighted by Crippen LogP contribution is 2.32. The van der Waals surface area contributed by atoms with Crippen LogP contribution in [0.2, 0.25) is 0 Å². The second-order valence-electron chi connectivity index (χ2n) is 5.12. The van der Waals surface area contributed by atoms with Gasteiger partial charge in [0.25, 0.3) is 0 Å². The molecular weight excluding hydrogens is 254 g/mol. The zero-order valence-corrected chi connectivity index (χ0v) is 11.8. The molecular formula is C15H19N3O2. The van der Waals surface area contributed by atoms with E-state index in [9.17, 15) is 0 Å². The van der Waals surface area contributed by atoms with E-state index in [0.717, 1.165) is 18.6 Å². The minimum atomic E-state index is 0.350. The second-order valence-corrected chi connectivity index (χ2v) is 5.12. The average molecular weight is 273 g/mol. The zero-order chi connectivity index (χ0) is 13.9. The van der Waals surface area contributed by atoms with Crippen LogP contribution in [0.4, 0.5) is 0 Å². The lowest BCUT2D eigenvalue weighted by molar-refractivity contribution is 0.380. The fraction of sp³-hybridized carbons (Fsp3) is 0.467. The largest absolute Gasteiger partial charge is 0.497 e. The highest BCUT2D eigenvalue weighted by molar-refractivity contribution is 5.39. The maximum absolute atomic E-state index is 5.29. The first-order chi connectivity index (χ1) is 9.76. The van der Waals surface area contributed by atoms with Crippen molar-refractivity contribution in [2.24, 2.45) is 0 Å². The van der Waals surface area contributed by atoms with Crippen LogP contribution >= 0.6 is 0 Å². The summed E-state index contributed by atoms with van der Waals surface area (Å²) in [5, 5.41) is 7.43. The SMILES string of the molecule is COc1ccc2c(c1)CCCC2NCc1noc(C)n1. The first kappa shape index (κ1) is 13.1. The van der Waals surface area contributed by atoms with Gasteiger partial charge in [-0.1, -0.05) is 11.2 Å². The molecule has 20 heavy (non-hydrogen) atoms. The Morgan fingerprint density at radius 3 is 3.10 bits per heavy atom. The minimum absolute atomic E-state index is 0.350. The molecule has 0 fully saturated rings. The summed E-state index contributed by atoms with van der Waals surface area (Å²) in [6.45, 7) is 2.44. The van der Waals surface area contributed by atoms with Gasteiger partial charge in [0.2, 0.25) is 5.89 Å². The fourth-order valence-electron chi connectivity index (χ4n) is 2.76. The van der Waals surface area contributed by atoms with E-state index in [1.54, 1.807) is 14.0 Å². The summed E-state index contributed by atoms with van der Waals surface area (Å²) in [5.74, 6) is 2.25. The molecule has 5 heteroatoms. The molecule has 1 aromatic carbocycles. The van der Waals surface area contributed by atoms with Gasteiger partial charge in [-0.3, -0.25) is 0 Å². The lowest BCUT2D eigenvalue weighted by atomic mass is 9.87. The number of ether oxygens (including phenoxy) is 1. The third kappa shape index (κ3) is 2.67. The van der Waals surface area contributed by atoms with Crippen LogP contribution in [0, 0.1) is 6.92 Å². The molecule has 0 saturated carbocycles. The lowest BCUT2D eigenvalue weighted by Gasteiger charge is -2.26. The topological polar surface area (TPSA) is 60.2 Å². The number of rotatable bonds is 4. The van der Waals surface area contributed by atoms with E-state index in [1.807, 2.05) is 6.07 Å². The molecule has 106 valence electrons. The summed E-state index contributed by atoms with van der Waals surface area (Å²) in [4.78, 5) is 4.22. The van der Waals surface area contributed by atoms with Crippen molar-refractivity contribution in [1.82, 2.24) is 15.5 Å². The van der Waals surface area contributed by atoms with Gasteiger partial charge < -0.3 is 14.6 Å². The van der Waals surface area contributed by atoms with Gasteiger partial charge in [-0.15, -0.1) is 0 Å². The third-order valence-electron chi connectivity index (χ3n) is 3.74. The summed E-state index contributed by atoms with van der Waals surface area (Å²) in [5.41, 5.74) is 2.73. The quantitative estimate of drug-likeness (QED) is 0.927. The smallest absolute Gasteiger partial charge is 0.223 e. The Kier molecular flexibility index (Phi) is 3.69. The lowest BCUT2D eigenvalue weighted by Crippen LogP contribution is -2.25. The zero-order valence-electron chi connectivity index (χ0n) is 11.8. The number of aromatic nitrogens is 2. The number of fused-ring (bicyclic) bond motifs is 1. The van der Waals surface area contributed by atoms with E-state index >= 15 is 0 Å². The van der Waals surface area contributed by atoms with Crippen LogP contribution in [0.15, 0.2) is 22.7 Å². The van der Waals surface area contributed by atoms with Crippen LogP contribution in [0.3, 0.4) is 0 Å². The number of methoxy groups -OCH3 is 1. The number of hydrogen-bond acceptors (Lipinski definition) is 5. The van der Waals surface area contributed by atoms with Crippen LogP contribution in [0.5, 0.6) is 5.75 Å². The number of hydrogen-bond donors (Lipinski definition) is 1. The van der Waals surface area contributed by atoms with E-state index in [2.05, 4.69) is 27.6 Å². The molecule has 1 unspecified atom stereocenters. The van der Waals surface area contributed by atoms with Gasteiger partial charge in [0.1, 0.15) is 5.75 Å². The van der Waals surface area contributed by atoms with Gasteiger partial charge in [-0.05, 0) is 42.5 Å². The van der Waals surface area contributed by atoms with Crippen LogP contribution < -0.4 is 10.1 Å². The molecule has 1 atom stereocenters. The summed E-state index contributed by atoms with van der Waals surface area (Å²) in [6, 6.07) is 6.68. The highest BCUT2D eigenvalue weighted by atomic mass is 16.5. The molecule has 0 aliphatic heterocycles. The van der Waals surface area contributed by atoms with Crippen molar-refractivity contribution < 1.29 is 9.26 Å². The van der Waals surface area contributed by atoms with Crippen molar-refractivity contribution in [3.8, 4) is 5.75 Å². The van der Waals surface area contributed by atoms with Gasteiger partial charge in [0, 0.05) is 13.0 Å². The molecule has 3 rings (SSSR count). The van der Waals surface area contributed by atoms with Crippen LogP contribution in [-0.2, 0) is 13.0 Å². The molecule has 0 amide bonds. The summed E-state index contributed by atoms with van der Waals surface area (Å²) >= 11 is 0. The number of nitrogens with one attached hydrogen (secondary N) is 1. The fourth-order valence-corrected chi connectivity index (χ4v) is 2.76. The average Bonchev–Trinajstić information content (AvgIpc) is 2.90. The molecule has 1 heterocycles. The Labute approximate surface area is 118 Å². The van der Waals surface area contributed by atoms with Crippen molar-refractivity contribution in [2.45, 2.75) is 38.8 Å². The van der Waals surface area contributed by atoms with Gasteiger partial charge >= 0.3 is 0 Å². The Morgan fingerprint density at radius 1 is 1.45 bits per heavy atom. The van der Waals surface area contributed by atoms with Gasteiger partial charge in [0.15, 0.2) is 5.82 Å². The number of benzene rings is 1. The van der Waals surface area contributed by atoms with E-state index in [-0.39, 0.29) is 0 Å². The highest BCUT2D eigenvalue weighted by Gasteiger charge is 2.20. The number of nitrogens with zero attached hydrogens (tertiary/aromatic N) is 2. The van der Waals surface area contributed by atoms with Crippen molar-refractivity contribution in [3.05, 3.63) is 41.0 Å². The normalized spacial score (nSPS) is 17.8. The molecule has 2 aromatic rings. The molecule has 0 saturated heterocycles. The summed E-state index contributed by atoms with van der Waals surface area (Å²) in [6.07, 6.45) is 3.44. The molecule has 0 spiro atoms. The Hall–Kier alpha value is -1.88. The molecule has 0 radical (unpaired) electrons. The molecule has 1 N–H and O–H groups in total. The first-order valence-corrected chi connectivity index (χ1v) is 6.95. The maximum Gasteiger partial charge on any atom is 0.223 e. The molecule has 1 aliphatic rings. The summed E-state index contributed by atoms with van der Waals surface area (Å²) in [7, 11) is 1.71.